The van der Waals surface area contributed by atoms with Gasteiger partial charge in [-0.1, -0.05) is 13.8 Å². The molecule has 0 spiro atoms. The second-order valence-electron chi connectivity index (χ2n) is 6.35. The molecule has 0 unspecified atom stereocenters. The molecule has 0 radical (unpaired) electrons. The van der Waals surface area contributed by atoms with E-state index in [4.69, 9.17) is 0 Å². The van der Waals surface area contributed by atoms with Crippen LogP contribution in [0.4, 0.5) is 0 Å². The molecule has 0 aromatic rings. The zero-order valence-electron chi connectivity index (χ0n) is 14.1. The highest BCUT2D eigenvalue weighted by atomic mass is 16.3. The van der Waals surface area contributed by atoms with Crippen molar-refractivity contribution < 1.29 is 14.4 Å². The largest absolute Gasteiger partial charge is 0.382 e. The number of nitrogens with zero attached hydrogens (tertiary/aromatic N) is 2. The molecule has 1 rings (SSSR count). The molecule has 0 aromatic heterocycles. The van der Waals surface area contributed by atoms with Crippen molar-refractivity contribution in [2.45, 2.75) is 45.6 Å². The van der Waals surface area contributed by atoms with Gasteiger partial charge in [-0.25, -0.2) is 0 Å². The Balaban J connectivity index is 2.36. The van der Waals surface area contributed by atoms with Gasteiger partial charge in [-0.15, -0.1) is 0 Å². The monoisotopic (exact) mass is 300 g/mol. The Labute approximate surface area is 129 Å². The molecule has 1 heterocycles. The summed E-state index contributed by atoms with van der Waals surface area (Å²) < 4.78 is 1.03. The van der Waals surface area contributed by atoms with E-state index >= 15 is 0 Å². The standard InChI is InChI=1S/C16H34N3O2/c1-4-9-18(16(21)5-2)10-7-12-19(11-6-8-17-3)13-15(20)14-19/h15,17,20H,4-14H2,1-3H3/q+1. The molecule has 0 saturated carbocycles. The van der Waals surface area contributed by atoms with Crippen molar-refractivity contribution in [3.05, 3.63) is 0 Å². The Morgan fingerprint density at radius 3 is 2.43 bits per heavy atom. The van der Waals surface area contributed by atoms with Crippen LogP contribution in [0.2, 0.25) is 0 Å². The Morgan fingerprint density at radius 1 is 1.24 bits per heavy atom. The molecule has 0 aromatic carbocycles. The lowest BCUT2D eigenvalue weighted by molar-refractivity contribution is -0.972. The summed E-state index contributed by atoms with van der Waals surface area (Å²) in [4.78, 5) is 13.9. The van der Waals surface area contributed by atoms with Gasteiger partial charge < -0.3 is 19.8 Å². The normalized spacial score (nSPS) is 24.7. The number of carbonyl (C=O) groups excluding carboxylic acids is 1. The van der Waals surface area contributed by atoms with Crippen LogP contribution in [0, 0.1) is 0 Å². The maximum atomic E-state index is 11.9. The summed E-state index contributed by atoms with van der Waals surface area (Å²) in [5, 5.41) is 12.9. The van der Waals surface area contributed by atoms with Gasteiger partial charge in [-0.3, -0.25) is 4.79 Å². The van der Waals surface area contributed by atoms with Crippen molar-refractivity contribution in [1.29, 1.82) is 0 Å². The van der Waals surface area contributed by atoms with Gasteiger partial charge in [0.2, 0.25) is 5.91 Å². The van der Waals surface area contributed by atoms with E-state index in [9.17, 15) is 9.90 Å². The summed E-state index contributed by atoms with van der Waals surface area (Å²) >= 11 is 0. The van der Waals surface area contributed by atoms with E-state index in [1.807, 2.05) is 18.9 Å². The lowest BCUT2D eigenvalue weighted by Crippen LogP contribution is -2.67. The summed E-state index contributed by atoms with van der Waals surface area (Å²) in [5.74, 6) is 0.266. The minimum absolute atomic E-state index is 0.122. The molecular formula is C16H34N3O2+. The predicted molar refractivity (Wildman–Crippen MR) is 86.1 cm³/mol. The van der Waals surface area contributed by atoms with Crippen LogP contribution in [-0.4, -0.2) is 79.4 Å². The first-order chi connectivity index (χ1) is 10.1. The molecule has 0 aliphatic carbocycles. The first-order valence-electron chi connectivity index (χ1n) is 8.52. The number of aliphatic hydroxyl groups excluding tert-OH is 1. The van der Waals surface area contributed by atoms with Crippen molar-refractivity contribution in [2.75, 3.05) is 52.9 Å². The third-order valence-electron chi connectivity index (χ3n) is 4.46. The summed E-state index contributed by atoms with van der Waals surface area (Å²) in [6, 6.07) is 0. The minimum Gasteiger partial charge on any atom is -0.382 e. The van der Waals surface area contributed by atoms with E-state index in [-0.39, 0.29) is 12.0 Å². The zero-order chi connectivity index (χ0) is 15.7. The highest BCUT2D eigenvalue weighted by Gasteiger charge is 2.41. The lowest BCUT2D eigenvalue weighted by atomic mass is 10.0. The summed E-state index contributed by atoms with van der Waals surface area (Å²) in [6.07, 6.45) is 3.69. The van der Waals surface area contributed by atoms with Gasteiger partial charge in [0.15, 0.2) is 6.10 Å². The lowest BCUT2D eigenvalue weighted by Gasteiger charge is -2.49. The van der Waals surface area contributed by atoms with Crippen LogP contribution in [0.5, 0.6) is 0 Å². The molecular weight excluding hydrogens is 266 g/mol. The molecule has 1 amide bonds. The molecule has 2 N–H and O–H groups in total. The fourth-order valence-corrected chi connectivity index (χ4v) is 3.36. The van der Waals surface area contributed by atoms with E-state index in [0.29, 0.717) is 6.42 Å². The smallest absolute Gasteiger partial charge is 0.222 e. The van der Waals surface area contributed by atoms with Crippen LogP contribution >= 0.6 is 0 Å². The van der Waals surface area contributed by atoms with E-state index in [1.165, 1.54) is 0 Å². The van der Waals surface area contributed by atoms with Crippen LogP contribution in [0.3, 0.4) is 0 Å². The van der Waals surface area contributed by atoms with Crippen molar-refractivity contribution in [3.63, 3.8) is 0 Å². The second-order valence-corrected chi connectivity index (χ2v) is 6.35. The SMILES string of the molecule is CCCN(CCC[N+]1(CCCNC)CC(O)C1)C(=O)CC. The van der Waals surface area contributed by atoms with Crippen LogP contribution in [0.1, 0.15) is 39.5 Å². The third-order valence-corrected chi connectivity index (χ3v) is 4.46. The number of rotatable bonds is 11. The van der Waals surface area contributed by atoms with Crippen LogP contribution in [0.15, 0.2) is 0 Å². The van der Waals surface area contributed by atoms with Gasteiger partial charge in [-0.05, 0) is 13.5 Å². The highest BCUT2D eigenvalue weighted by Crippen LogP contribution is 2.22. The van der Waals surface area contributed by atoms with Gasteiger partial charge >= 0.3 is 0 Å². The average molecular weight is 300 g/mol. The first kappa shape index (κ1) is 18.4. The Bertz CT molecular complexity index is 304. The van der Waals surface area contributed by atoms with Gasteiger partial charge in [0.05, 0.1) is 13.1 Å². The quantitative estimate of drug-likeness (QED) is 0.439. The fraction of sp³-hybridized carbons (Fsp3) is 0.938. The van der Waals surface area contributed by atoms with Crippen molar-refractivity contribution in [3.8, 4) is 0 Å². The zero-order valence-corrected chi connectivity index (χ0v) is 14.1. The number of quaternary nitrogens is 1. The maximum absolute atomic E-state index is 11.9. The first-order valence-corrected chi connectivity index (χ1v) is 8.52. The Hall–Kier alpha value is -0.650. The summed E-state index contributed by atoms with van der Waals surface area (Å²) in [6.45, 7) is 10.8. The Morgan fingerprint density at radius 2 is 1.90 bits per heavy atom. The molecule has 1 aliphatic heterocycles. The number of carbonyl (C=O) groups is 1. The number of nitrogens with one attached hydrogen (secondary N) is 1. The van der Waals surface area contributed by atoms with Crippen molar-refractivity contribution in [1.82, 2.24) is 10.2 Å². The van der Waals surface area contributed by atoms with E-state index in [1.54, 1.807) is 0 Å². The molecule has 124 valence electrons. The molecule has 5 nitrogen and oxygen atoms in total. The van der Waals surface area contributed by atoms with Gasteiger partial charge in [0.25, 0.3) is 0 Å². The van der Waals surface area contributed by atoms with E-state index in [2.05, 4.69) is 12.2 Å². The van der Waals surface area contributed by atoms with Gasteiger partial charge in [0.1, 0.15) is 13.1 Å². The number of amides is 1. The third kappa shape index (κ3) is 5.93. The number of hydrogen-bond acceptors (Lipinski definition) is 3. The molecule has 1 saturated heterocycles. The fourth-order valence-electron chi connectivity index (χ4n) is 3.36. The summed E-state index contributed by atoms with van der Waals surface area (Å²) in [5.41, 5.74) is 0. The summed E-state index contributed by atoms with van der Waals surface area (Å²) in [7, 11) is 1.98. The molecule has 0 bridgehead atoms. The van der Waals surface area contributed by atoms with Gasteiger partial charge in [0, 0.05) is 38.9 Å². The predicted octanol–water partition coefficient (Wildman–Crippen LogP) is 0.826. The van der Waals surface area contributed by atoms with Crippen LogP contribution in [0.25, 0.3) is 0 Å². The van der Waals surface area contributed by atoms with Crippen LogP contribution < -0.4 is 5.32 Å². The van der Waals surface area contributed by atoms with Crippen molar-refractivity contribution in [2.24, 2.45) is 0 Å². The molecule has 1 aliphatic rings. The minimum atomic E-state index is -0.122. The van der Waals surface area contributed by atoms with Crippen molar-refractivity contribution >= 4 is 5.91 Å². The van der Waals surface area contributed by atoms with Crippen LogP contribution in [-0.2, 0) is 4.79 Å². The van der Waals surface area contributed by atoms with E-state index in [0.717, 1.165) is 69.6 Å². The van der Waals surface area contributed by atoms with Gasteiger partial charge in [-0.2, -0.15) is 0 Å². The maximum Gasteiger partial charge on any atom is 0.222 e. The second kappa shape index (κ2) is 9.38. The van der Waals surface area contributed by atoms with E-state index < -0.39 is 0 Å². The molecule has 0 atom stereocenters. The topological polar surface area (TPSA) is 52.6 Å². The Kier molecular flexibility index (Phi) is 8.22. The molecule has 1 fully saturated rings. The molecule has 21 heavy (non-hydrogen) atoms. The number of hydrogen-bond donors (Lipinski definition) is 2. The molecule has 5 heteroatoms. The number of likely N-dealkylation sites (tertiary alicyclic amines) is 1. The highest BCUT2D eigenvalue weighted by molar-refractivity contribution is 5.75. The number of aliphatic hydroxyl groups is 1. The average Bonchev–Trinajstić information content (AvgIpc) is 2.44.